The van der Waals surface area contributed by atoms with Crippen LogP contribution < -0.4 is 10.3 Å². The van der Waals surface area contributed by atoms with Gasteiger partial charge >= 0.3 is 0 Å². The first-order chi connectivity index (χ1) is 9.92. The molecular formula is C17H15N3. The van der Waals surface area contributed by atoms with E-state index in [-0.39, 0.29) is 0 Å². The maximum atomic E-state index is 4.55. The third kappa shape index (κ3) is 1.79. The van der Waals surface area contributed by atoms with Crippen molar-refractivity contribution >= 4 is 23.3 Å². The second kappa shape index (κ2) is 4.53. The molecule has 3 nitrogen and oxygen atoms in total. The standard InChI is InChI=1S/C17H15N3/c1-3-7-15-13(5-1)9-10-17(19-18-15)20-12-11-14-6-2-4-8-16(14)20/h1-10,18H,11-12H2. The molecule has 1 N–H and O–H groups in total. The monoisotopic (exact) mass is 261 g/mol. The van der Waals surface area contributed by atoms with Gasteiger partial charge in [0.15, 0.2) is 5.84 Å². The van der Waals surface area contributed by atoms with Crippen LogP contribution in [0, 0.1) is 0 Å². The van der Waals surface area contributed by atoms with Gasteiger partial charge in [0.1, 0.15) is 0 Å². The fourth-order valence-corrected chi connectivity index (χ4v) is 2.79. The number of rotatable bonds is 0. The maximum Gasteiger partial charge on any atom is 0.153 e. The van der Waals surface area contributed by atoms with E-state index in [1.54, 1.807) is 0 Å². The zero-order valence-electron chi connectivity index (χ0n) is 11.1. The van der Waals surface area contributed by atoms with Gasteiger partial charge in [-0.25, -0.2) is 0 Å². The fourth-order valence-electron chi connectivity index (χ4n) is 2.79. The highest BCUT2D eigenvalue weighted by Crippen LogP contribution is 2.29. The summed E-state index contributed by atoms with van der Waals surface area (Å²) in [6.07, 6.45) is 5.28. The summed E-state index contributed by atoms with van der Waals surface area (Å²) < 4.78 is 0. The average Bonchev–Trinajstić information content (AvgIpc) is 2.81. The number of nitrogens with one attached hydrogen (secondary N) is 1. The first-order valence-electron chi connectivity index (χ1n) is 6.88. The Morgan fingerprint density at radius 1 is 0.950 bits per heavy atom. The molecule has 0 aromatic heterocycles. The van der Waals surface area contributed by atoms with Gasteiger partial charge in [-0.3, -0.25) is 5.43 Å². The molecule has 2 aliphatic heterocycles. The molecule has 0 atom stereocenters. The minimum Gasteiger partial charge on any atom is -0.324 e. The molecular weight excluding hydrogens is 246 g/mol. The molecule has 0 saturated carbocycles. The van der Waals surface area contributed by atoms with Crippen LogP contribution in [0.15, 0.2) is 59.7 Å². The average molecular weight is 261 g/mol. The van der Waals surface area contributed by atoms with Crippen LogP contribution in [0.4, 0.5) is 11.4 Å². The molecule has 98 valence electrons. The van der Waals surface area contributed by atoms with E-state index in [2.05, 4.69) is 57.9 Å². The Balaban J connectivity index is 1.71. The van der Waals surface area contributed by atoms with Crippen molar-refractivity contribution in [2.75, 3.05) is 16.9 Å². The van der Waals surface area contributed by atoms with Gasteiger partial charge in [0.2, 0.25) is 0 Å². The van der Waals surface area contributed by atoms with Gasteiger partial charge < -0.3 is 4.90 Å². The lowest BCUT2D eigenvalue weighted by molar-refractivity contribution is 1.02. The van der Waals surface area contributed by atoms with E-state index in [0.717, 1.165) is 24.5 Å². The van der Waals surface area contributed by atoms with Crippen LogP contribution in [0.25, 0.3) is 6.08 Å². The van der Waals surface area contributed by atoms with Crippen LogP contribution in [0.2, 0.25) is 0 Å². The molecule has 2 heterocycles. The number of benzene rings is 2. The van der Waals surface area contributed by atoms with E-state index >= 15 is 0 Å². The Kier molecular flexibility index (Phi) is 2.56. The Morgan fingerprint density at radius 3 is 2.80 bits per heavy atom. The fraction of sp³-hybridized carbons (Fsp3) is 0.118. The van der Waals surface area contributed by atoms with Gasteiger partial charge in [-0.05, 0) is 41.8 Å². The molecule has 0 aliphatic carbocycles. The highest BCUT2D eigenvalue weighted by Gasteiger charge is 2.22. The summed E-state index contributed by atoms with van der Waals surface area (Å²) in [5.74, 6) is 0.964. The molecule has 2 aromatic rings. The summed E-state index contributed by atoms with van der Waals surface area (Å²) in [4.78, 5) is 2.27. The van der Waals surface area contributed by atoms with Crippen molar-refractivity contribution in [3.8, 4) is 0 Å². The number of para-hydroxylation sites is 2. The number of hydrogen-bond donors (Lipinski definition) is 1. The van der Waals surface area contributed by atoms with Crippen molar-refractivity contribution in [1.82, 2.24) is 0 Å². The zero-order valence-corrected chi connectivity index (χ0v) is 11.1. The van der Waals surface area contributed by atoms with Crippen LogP contribution in [0.1, 0.15) is 11.1 Å². The minimum atomic E-state index is 0.964. The number of fused-ring (bicyclic) bond motifs is 2. The molecule has 20 heavy (non-hydrogen) atoms. The zero-order chi connectivity index (χ0) is 13.4. The van der Waals surface area contributed by atoms with Crippen LogP contribution >= 0.6 is 0 Å². The predicted octanol–water partition coefficient (Wildman–Crippen LogP) is 3.50. The number of amidine groups is 1. The van der Waals surface area contributed by atoms with Crippen molar-refractivity contribution in [3.63, 3.8) is 0 Å². The molecule has 2 aliphatic rings. The van der Waals surface area contributed by atoms with Crippen LogP contribution in [0.5, 0.6) is 0 Å². The van der Waals surface area contributed by atoms with Gasteiger partial charge in [-0.2, -0.15) is 5.10 Å². The molecule has 0 spiro atoms. The van der Waals surface area contributed by atoms with Crippen LogP contribution in [-0.4, -0.2) is 12.4 Å². The molecule has 0 bridgehead atoms. The van der Waals surface area contributed by atoms with Crippen molar-refractivity contribution in [3.05, 3.63) is 65.7 Å². The van der Waals surface area contributed by atoms with Gasteiger partial charge in [0.05, 0.1) is 5.69 Å². The summed E-state index contributed by atoms with van der Waals surface area (Å²) >= 11 is 0. The smallest absolute Gasteiger partial charge is 0.153 e. The molecule has 2 aromatic carbocycles. The lowest BCUT2D eigenvalue weighted by Crippen LogP contribution is -2.27. The number of hydrazone groups is 1. The van der Waals surface area contributed by atoms with Crippen molar-refractivity contribution < 1.29 is 0 Å². The first-order valence-corrected chi connectivity index (χ1v) is 6.88. The largest absolute Gasteiger partial charge is 0.324 e. The first kappa shape index (κ1) is 11.3. The molecule has 4 rings (SSSR count). The van der Waals surface area contributed by atoms with Gasteiger partial charge in [0, 0.05) is 12.2 Å². The summed E-state index contributed by atoms with van der Waals surface area (Å²) in [5, 5.41) is 4.55. The SMILES string of the molecule is C1=Cc2ccccc2NN=C1N1CCc2ccccc21. The van der Waals surface area contributed by atoms with E-state index in [9.17, 15) is 0 Å². The topological polar surface area (TPSA) is 27.6 Å². The third-order valence-corrected chi connectivity index (χ3v) is 3.83. The van der Waals surface area contributed by atoms with E-state index in [4.69, 9.17) is 0 Å². The Hall–Kier alpha value is -2.55. The lowest BCUT2D eigenvalue weighted by Gasteiger charge is -2.18. The molecule has 0 radical (unpaired) electrons. The van der Waals surface area contributed by atoms with Crippen molar-refractivity contribution in [1.29, 1.82) is 0 Å². The maximum absolute atomic E-state index is 4.55. The summed E-state index contributed by atoms with van der Waals surface area (Å²) in [6, 6.07) is 16.7. The van der Waals surface area contributed by atoms with Gasteiger partial charge in [0.25, 0.3) is 0 Å². The second-order valence-electron chi connectivity index (χ2n) is 5.03. The van der Waals surface area contributed by atoms with E-state index in [1.165, 1.54) is 16.8 Å². The summed E-state index contributed by atoms with van der Waals surface area (Å²) in [7, 11) is 0. The molecule has 0 saturated heterocycles. The summed E-state index contributed by atoms with van der Waals surface area (Å²) in [5.41, 5.74) is 8.04. The second-order valence-corrected chi connectivity index (χ2v) is 5.03. The van der Waals surface area contributed by atoms with Gasteiger partial charge in [-0.1, -0.05) is 36.4 Å². The Bertz CT molecular complexity index is 716. The lowest BCUT2D eigenvalue weighted by atomic mass is 10.1. The predicted molar refractivity (Wildman–Crippen MR) is 84.0 cm³/mol. The number of hydrogen-bond acceptors (Lipinski definition) is 3. The van der Waals surface area contributed by atoms with Crippen LogP contribution in [0.3, 0.4) is 0 Å². The third-order valence-electron chi connectivity index (χ3n) is 3.83. The molecule has 3 heteroatoms. The molecule has 0 unspecified atom stereocenters. The normalized spacial score (nSPS) is 16.0. The van der Waals surface area contributed by atoms with E-state index < -0.39 is 0 Å². The molecule has 0 fully saturated rings. The quantitative estimate of drug-likeness (QED) is 0.786. The minimum absolute atomic E-state index is 0.964. The Labute approximate surface area is 118 Å². The number of nitrogens with zero attached hydrogens (tertiary/aromatic N) is 2. The van der Waals surface area contributed by atoms with Gasteiger partial charge in [-0.15, -0.1) is 0 Å². The van der Waals surface area contributed by atoms with Crippen LogP contribution in [-0.2, 0) is 6.42 Å². The van der Waals surface area contributed by atoms with E-state index in [0.29, 0.717) is 0 Å². The van der Waals surface area contributed by atoms with Crippen molar-refractivity contribution in [2.24, 2.45) is 5.10 Å². The van der Waals surface area contributed by atoms with E-state index in [1.807, 2.05) is 18.2 Å². The van der Waals surface area contributed by atoms with Crippen molar-refractivity contribution in [2.45, 2.75) is 6.42 Å². The summed E-state index contributed by atoms with van der Waals surface area (Å²) in [6.45, 7) is 0.987. The Morgan fingerprint density at radius 2 is 1.80 bits per heavy atom. The number of anilines is 2. The highest BCUT2D eigenvalue weighted by atomic mass is 15.4. The molecule has 0 amide bonds. The highest BCUT2D eigenvalue weighted by molar-refractivity contribution is 6.10.